The van der Waals surface area contributed by atoms with E-state index in [2.05, 4.69) is 0 Å². The van der Waals surface area contributed by atoms with Crippen molar-refractivity contribution in [2.45, 2.75) is 33.4 Å². The first-order valence-corrected chi connectivity index (χ1v) is 5.90. The molecule has 100 valence electrons. The van der Waals surface area contributed by atoms with Crippen molar-refractivity contribution in [2.24, 2.45) is 0 Å². The minimum Gasteiger partial charge on any atom is -0.487 e. The lowest BCUT2D eigenvalue weighted by Gasteiger charge is -2.13. The molecule has 1 aromatic carbocycles. The molecule has 1 rings (SSSR count). The van der Waals surface area contributed by atoms with Crippen LogP contribution in [0.2, 0.25) is 13.6 Å². The predicted molar refractivity (Wildman–Crippen MR) is 63.8 cm³/mol. The molecule has 6 heteroatoms. The average molecular weight is 262 g/mol. The quantitative estimate of drug-likeness (QED) is 0.342. The van der Waals surface area contributed by atoms with E-state index < -0.39 is 41.2 Å². The molecule has 0 aliphatic heterocycles. The fraction of sp³-hybridized carbons (Fsp3) is 0.500. The molecule has 0 aromatic heterocycles. The Balaban J connectivity index is 3.21. The fourth-order valence-electron chi connectivity index (χ4n) is 1.58. The Hall–Kier alpha value is -1.20. The summed E-state index contributed by atoms with van der Waals surface area (Å²) in [6, 6.07) is 0. The largest absolute Gasteiger partial charge is 0.487 e. The maximum absolute atomic E-state index is 13.6. The Morgan fingerprint density at radius 2 is 1.44 bits per heavy atom. The van der Waals surface area contributed by atoms with Crippen LogP contribution in [0.4, 0.5) is 17.6 Å². The van der Waals surface area contributed by atoms with Gasteiger partial charge in [-0.25, -0.2) is 8.78 Å². The zero-order chi connectivity index (χ0) is 13.9. The van der Waals surface area contributed by atoms with Crippen LogP contribution in [-0.2, 0) is 0 Å². The number of unbranched alkanes of at least 4 members (excludes halogenated alkanes) is 1. The van der Waals surface area contributed by atoms with Gasteiger partial charge in [0.15, 0.2) is 24.1 Å². The van der Waals surface area contributed by atoms with Gasteiger partial charge in [-0.2, -0.15) is 8.78 Å². The molecule has 0 bridgehead atoms. The molecule has 0 unspecified atom stereocenters. The van der Waals surface area contributed by atoms with E-state index in [1.807, 2.05) is 6.92 Å². The van der Waals surface area contributed by atoms with Crippen LogP contribution in [0.3, 0.4) is 0 Å². The van der Waals surface area contributed by atoms with Crippen molar-refractivity contribution in [3.63, 3.8) is 0 Å². The van der Waals surface area contributed by atoms with E-state index in [4.69, 9.17) is 4.74 Å². The average Bonchev–Trinajstić information content (AvgIpc) is 2.31. The van der Waals surface area contributed by atoms with Gasteiger partial charge in [-0.15, -0.1) is 0 Å². The summed E-state index contributed by atoms with van der Waals surface area (Å²) in [5.74, 6) is -6.66. The van der Waals surface area contributed by atoms with Crippen LogP contribution < -0.4 is 10.2 Å². The summed E-state index contributed by atoms with van der Waals surface area (Å²) in [5, 5.41) is 0. The van der Waals surface area contributed by atoms with Crippen LogP contribution in [-0.4, -0.2) is 13.3 Å². The normalized spacial score (nSPS) is 10.6. The van der Waals surface area contributed by atoms with Crippen LogP contribution >= 0.6 is 0 Å². The monoisotopic (exact) mass is 262 g/mol. The van der Waals surface area contributed by atoms with Gasteiger partial charge in [-0.05, 0) is 11.9 Å². The van der Waals surface area contributed by atoms with Crippen LogP contribution in [0.25, 0.3) is 0 Å². The number of rotatable bonds is 5. The fourth-order valence-corrected chi connectivity index (χ4v) is 1.58. The van der Waals surface area contributed by atoms with Gasteiger partial charge >= 0.3 is 0 Å². The van der Waals surface area contributed by atoms with Crippen molar-refractivity contribution in [1.82, 2.24) is 0 Å². The van der Waals surface area contributed by atoms with Gasteiger partial charge in [0.25, 0.3) is 0 Å². The molecule has 0 amide bonds. The van der Waals surface area contributed by atoms with E-state index in [0.717, 1.165) is 6.42 Å². The molecule has 0 saturated heterocycles. The standard InChI is InChI=1S/C12H15BF4O/c1-4-5-6-18-12-10(16)8(14)7(13(2)3)9(15)11(12)17/h4-6H2,1-3H3. The topological polar surface area (TPSA) is 9.23 Å². The van der Waals surface area contributed by atoms with Crippen molar-refractivity contribution in [1.29, 1.82) is 0 Å². The van der Waals surface area contributed by atoms with Crippen LogP contribution in [0, 0.1) is 23.3 Å². The molecule has 0 N–H and O–H groups in total. The molecule has 0 atom stereocenters. The van der Waals surface area contributed by atoms with E-state index in [9.17, 15) is 17.6 Å². The lowest BCUT2D eigenvalue weighted by molar-refractivity contribution is 0.267. The smallest absolute Gasteiger partial charge is 0.203 e. The summed E-state index contributed by atoms with van der Waals surface area (Å²) in [6.07, 6.45) is 1.30. The first kappa shape index (κ1) is 14.9. The lowest BCUT2D eigenvalue weighted by atomic mass is 9.49. The highest BCUT2D eigenvalue weighted by Gasteiger charge is 2.28. The maximum atomic E-state index is 13.6. The van der Waals surface area contributed by atoms with E-state index in [1.54, 1.807) is 0 Å². The van der Waals surface area contributed by atoms with Crippen LogP contribution in [0.1, 0.15) is 19.8 Å². The van der Waals surface area contributed by atoms with Gasteiger partial charge in [-0.1, -0.05) is 27.0 Å². The number of hydrogen-bond acceptors (Lipinski definition) is 1. The molecule has 0 saturated carbocycles. The molecule has 18 heavy (non-hydrogen) atoms. The molecule has 0 aliphatic rings. The van der Waals surface area contributed by atoms with Gasteiger partial charge in [0.2, 0.25) is 11.6 Å². The highest BCUT2D eigenvalue weighted by Crippen LogP contribution is 2.26. The third-order valence-corrected chi connectivity index (χ3v) is 2.58. The Labute approximate surface area is 104 Å². The van der Waals surface area contributed by atoms with Crippen molar-refractivity contribution in [2.75, 3.05) is 6.61 Å². The summed E-state index contributed by atoms with van der Waals surface area (Å²) < 4.78 is 59.1. The predicted octanol–water partition coefficient (Wildman–Crippen LogP) is 3.38. The van der Waals surface area contributed by atoms with Gasteiger partial charge in [-0.3, -0.25) is 0 Å². The van der Waals surface area contributed by atoms with E-state index in [1.165, 1.54) is 13.6 Å². The number of benzene rings is 1. The second-order valence-electron chi connectivity index (χ2n) is 4.36. The number of hydrogen-bond donors (Lipinski definition) is 0. The van der Waals surface area contributed by atoms with Gasteiger partial charge in [0.05, 0.1) is 6.61 Å². The summed E-state index contributed by atoms with van der Waals surface area (Å²) in [6.45, 7) is 4.14. The summed E-state index contributed by atoms with van der Waals surface area (Å²) in [4.78, 5) is 0. The van der Waals surface area contributed by atoms with Crippen molar-refractivity contribution >= 4 is 12.2 Å². The van der Waals surface area contributed by atoms with Gasteiger partial charge in [0, 0.05) is 0 Å². The molecule has 0 aliphatic carbocycles. The van der Waals surface area contributed by atoms with Gasteiger partial charge < -0.3 is 4.74 Å². The number of halogens is 4. The first-order valence-electron chi connectivity index (χ1n) is 5.90. The van der Waals surface area contributed by atoms with E-state index >= 15 is 0 Å². The SMILES string of the molecule is CCCCOc1c(F)c(F)c(B(C)C)c(F)c1F. The van der Waals surface area contributed by atoms with Gasteiger partial charge in [0.1, 0.15) is 0 Å². The number of ether oxygens (including phenoxy) is 1. The molecule has 1 nitrogen and oxygen atoms in total. The van der Waals surface area contributed by atoms with Crippen molar-refractivity contribution in [3.8, 4) is 5.75 Å². The molecule has 0 spiro atoms. The zero-order valence-corrected chi connectivity index (χ0v) is 10.6. The maximum Gasteiger partial charge on any atom is 0.203 e. The molecule has 1 aromatic rings. The Bertz CT molecular complexity index is 406. The van der Waals surface area contributed by atoms with E-state index in [-0.39, 0.29) is 6.61 Å². The molecular formula is C12H15BF4O. The minimum atomic E-state index is -1.46. The first-order chi connectivity index (χ1) is 8.41. The molecule has 0 radical (unpaired) electrons. The molecule has 0 heterocycles. The molecule has 0 fully saturated rings. The Kier molecular flexibility index (Phi) is 5.05. The zero-order valence-electron chi connectivity index (χ0n) is 10.6. The third kappa shape index (κ3) is 2.79. The molecular weight excluding hydrogens is 247 g/mol. The van der Waals surface area contributed by atoms with Crippen molar-refractivity contribution in [3.05, 3.63) is 23.3 Å². The second-order valence-corrected chi connectivity index (χ2v) is 4.36. The van der Waals surface area contributed by atoms with Crippen molar-refractivity contribution < 1.29 is 22.3 Å². The lowest BCUT2D eigenvalue weighted by Crippen LogP contribution is -2.32. The van der Waals surface area contributed by atoms with Crippen LogP contribution in [0.5, 0.6) is 5.75 Å². The summed E-state index contributed by atoms with van der Waals surface area (Å²) >= 11 is 0. The highest BCUT2D eigenvalue weighted by atomic mass is 19.2. The second kappa shape index (κ2) is 6.11. The Morgan fingerprint density at radius 3 is 1.83 bits per heavy atom. The summed E-state index contributed by atoms with van der Waals surface area (Å²) in [5.41, 5.74) is -0.590. The van der Waals surface area contributed by atoms with Crippen LogP contribution in [0.15, 0.2) is 0 Å². The summed E-state index contributed by atoms with van der Waals surface area (Å²) in [7, 11) is 0. The Morgan fingerprint density at radius 1 is 0.944 bits per heavy atom. The highest BCUT2D eigenvalue weighted by molar-refractivity contribution is 6.70. The third-order valence-electron chi connectivity index (χ3n) is 2.58. The minimum absolute atomic E-state index is 0.0181. The van der Waals surface area contributed by atoms with E-state index in [0.29, 0.717) is 6.42 Å².